The molecule has 26 heavy (non-hydrogen) atoms. The smallest absolute Gasteiger partial charge is 0.227 e. The first-order valence-electron chi connectivity index (χ1n) is 7.50. The van der Waals surface area contributed by atoms with Crippen molar-refractivity contribution in [2.45, 2.75) is 0 Å². The Kier molecular flexibility index (Phi) is 3.83. The number of H-pyrrole nitrogens is 1. The molecule has 9 heteroatoms. The summed E-state index contributed by atoms with van der Waals surface area (Å²) in [4.78, 5) is 4.36. The molecule has 2 N–H and O–H groups in total. The van der Waals surface area contributed by atoms with Crippen LogP contribution in [-0.4, -0.2) is 25.6 Å². The lowest BCUT2D eigenvalue weighted by atomic mass is 10.2. The highest BCUT2D eigenvalue weighted by Gasteiger charge is 2.10. The summed E-state index contributed by atoms with van der Waals surface area (Å²) >= 11 is 0. The second-order valence-electron chi connectivity index (χ2n) is 5.26. The van der Waals surface area contributed by atoms with Crippen molar-refractivity contribution in [3.05, 3.63) is 60.3 Å². The van der Waals surface area contributed by atoms with Gasteiger partial charge < -0.3 is 9.73 Å². The molecule has 4 aromatic rings. The summed E-state index contributed by atoms with van der Waals surface area (Å²) in [5.41, 5.74) is 2.62. The van der Waals surface area contributed by atoms with Gasteiger partial charge in [-0.15, -0.1) is 10.2 Å². The second-order valence-corrected chi connectivity index (χ2v) is 5.26. The SMILES string of the molecule is N#CC(=CNc1ccc2nc(-c3cccc(F)c3)oc2c1)c1nn[nH]n1. The quantitative estimate of drug-likeness (QED) is 0.545. The summed E-state index contributed by atoms with van der Waals surface area (Å²) in [7, 11) is 0. The first-order chi connectivity index (χ1) is 12.7. The van der Waals surface area contributed by atoms with Crippen molar-refractivity contribution < 1.29 is 8.81 Å². The molecule has 0 saturated heterocycles. The molecule has 0 radical (unpaired) electrons. The van der Waals surface area contributed by atoms with Gasteiger partial charge >= 0.3 is 0 Å². The minimum absolute atomic E-state index is 0.189. The molecular formula is C17H10FN7O. The minimum Gasteiger partial charge on any atom is -0.436 e. The molecule has 2 heterocycles. The van der Waals surface area contributed by atoms with Gasteiger partial charge in [0, 0.05) is 23.5 Å². The molecule has 0 saturated carbocycles. The number of hydrogen-bond acceptors (Lipinski definition) is 7. The number of hydrogen-bond donors (Lipinski definition) is 2. The number of nitrogens with zero attached hydrogens (tertiary/aromatic N) is 5. The molecule has 4 rings (SSSR count). The van der Waals surface area contributed by atoms with Crippen LogP contribution >= 0.6 is 0 Å². The van der Waals surface area contributed by atoms with Gasteiger partial charge in [-0.25, -0.2) is 9.37 Å². The molecule has 8 nitrogen and oxygen atoms in total. The molecule has 0 bridgehead atoms. The maximum atomic E-state index is 13.4. The van der Waals surface area contributed by atoms with E-state index in [9.17, 15) is 4.39 Å². The summed E-state index contributed by atoms with van der Waals surface area (Å²) in [6.07, 6.45) is 1.47. The number of halogens is 1. The molecule has 0 aliphatic carbocycles. The summed E-state index contributed by atoms with van der Waals surface area (Å²) in [6, 6.07) is 13.3. The first-order valence-corrected chi connectivity index (χ1v) is 7.50. The number of nitrogens with one attached hydrogen (secondary N) is 2. The molecule has 0 spiro atoms. The van der Waals surface area contributed by atoms with E-state index in [1.165, 1.54) is 18.3 Å². The van der Waals surface area contributed by atoms with Crippen molar-refractivity contribution >= 4 is 22.4 Å². The Labute approximate surface area is 146 Å². The monoisotopic (exact) mass is 347 g/mol. The van der Waals surface area contributed by atoms with Gasteiger partial charge in [-0.05, 0) is 35.5 Å². The summed E-state index contributed by atoms with van der Waals surface area (Å²) < 4.78 is 19.1. The lowest BCUT2D eigenvalue weighted by Gasteiger charge is -2.00. The average Bonchev–Trinajstić information content (AvgIpc) is 3.32. The third-order valence-corrected chi connectivity index (χ3v) is 3.55. The van der Waals surface area contributed by atoms with E-state index in [0.717, 1.165) is 0 Å². The number of aromatic amines is 1. The van der Waals surface area contributed by atoms with Gasteiger partial charge in [0.05, 0.1) is 0 Å². The molecule has 2 aromatic heterocycles. The maximum Gasteiger partial charge on any atom is 0.227 e. The van der Waals surface area contributed by atoms with E-state index in [0.29, 0.717) is 28.2 Å². The number of fused-ring (bicyclic) bond motifs is 1. The number of allylic oxidation sites excluding steroid dienone is 1. The normalized spacial score (nSPS) is 11.5. The number of anilines is 1. The standard InChI is InChI=1S/C17H10FN7O/c18-12-3-1-2-10(6-12)17-21-14-5-4-13(7-15(14)26-17)20-9-11(8-19)16-22-24-25-23-16/h1-7,9,20H,(H,22,23,24,25). The highest BCUT2D eigenvalue weighted by molar-refractivity contribution is 5.81. The molecule has 0 aliphatic heterocycles. The van der Waals surface area contributed by atoms with Crippen LogP contribution in [0.1, 0.15) is 5.82 Å². The Morgan fingerprint density at radius 3 is 2.96 bits per heavy atom. The van der Waals surface area contributed by atoms with Crippen LogP contribution in [0.2, 0.25) is 0 Å². The van der Waals surface area contributed by atoms with Gasteiger partial charge in [-0.3, -0.25) is 0 Å². The van der Waals surface area contributed by atoms with E-state index in [1.807, 2.05) is 6.07 Å². The number of oxazole rings is 1. The minimum atomic E-state index is -0.359. The summed E-state index contributed by atoms with van der Waals surface area (Å²) in [5, 5.41) is 25.4. The molecule has 0 amide bonds. The van der Waals surface area contributed by atoms with Crippen LogP contribution in [0.15, 0.2) is 53.1 Å². The zero-order valence-electron chi connectivity index (χ0n) is 13.1. The molecular weight excluding hydrogens is 337 g/mol. The number of tetrazole rings is 1. The zero-order valence-corrected chi connectivity index (χ0v) is 13.1. The Morgan fingerprint density at radius 1 is 1.27 bits per heavy atom. The van der Waals surface area contributed by atoms with Crippen molar-refractivity contribution in [3.8, 4) is 17.5 Å². The lowest BCUT2D eigenvalue weighted by Crippen LogP contribution is -1.92. The number of benzene rings is 2. The molecule has 0 atom stereocenters. The van der Waals surface area contributed by atoms with E-state index in [1.54, 1.807) is 30.3 Å². The van der Waals surface area contributed by atoms with Crippen molar-refractivity contribution in [2.24, 2.45) is 0 Å². The van der Waals surface area contributed by atoms with E-state index < -0.39 is 0 Å². The van der Waals surface area contributed by atoms with Crippen molar-refractivity contribution in [2.75, 3.05) is 5.32 Å². The van der Waals surface area contributed by atoms with E-state index in [2.05, 4.69) is 30.9 Å². The highest BCUT2D eigenvalue weighted by Crippen LogP contribution is 2.26. The van der Waals surface area contributed by atoms with Crippen molar-refractivity contribution in [1.29, 1.82) is 5.26 Å². The molecule has 2 aromatic carbocycles. The van der Waals surface area contributed by atoms with Crippen molar-refractivity contribution in [3.63, 3.8) is 0 Å². The molecule has 0 aliphatic rings. The van der Waals surface area contributed by atoms with Gasteiger partial charge in [0.15, 0.2) is 5.58 Å². The van der Waals surface area contributed by atoms with E-state index >= 15 is 0 Å². The van der Waals surface area contributed by atoms with Crippen LogP contribution in [0.5, 0.6) is 0 Å². The van der Waals surface area contributed by atoms with Crippen LogP contribution in [0, 0.1) is 17.1 Å². The fourth-order valence-corrected chi connectivity index (χ4v) is 2.34. The number of nitriles is 1. The van der Waals surface area contributed by atoms with Crippen LogP contribution in [-0.2, 0) is 0 Å². The Bertz CT molecular complexity index is 1140. The van der Waals surface area contributed by atoms with Gasteiger partial charge in [0.2, 0.25) is 11.7 Å². The fourth-order valence-electron chi connectivity index (χ4n) is 2.34. The Balaban J connectivity index is 1.63. The van der Waals surface area contributed by atoms with Crippen molar-refractivity contribution in [1.82, 2.24) is 25.6 Å². The molecule has 0 unspecified atom stereocenters. The van der Waals surface area contributed by atoms with Gasteiger partial charge in [0.25, 0.3) is 0 Å². The van der Waals surface area contributed by atoms with Gasteiger partial charge in [0.1, 0.15) is 23.0 Å². The average molecular weight is 347 g/mol. The lowest BCUT2D eigenvalue weighted by molar-refractivity contribution is 0.611. The summed E-state index contributed by atoms with van der Waals surface area (Å²) in [5.74, 6) is 0.161. The molecule has 126 valence electrons. The molecule has 0 fully saturated rings. The van der Waals surface area contributed by atoms with Gasteiger partial charge in [-0.1, -0.05) is 6.07 Å². The highest BCUT2D eigenvalue weighted by atomic mass is 19.1. The first kappa shape index (κ1) is 15.5. The third kappa shape index (κ3) is 2.99. The topological polar surface area (TPSA) is 116 Å². The number of aromatic nitrogens is 5. The summed E-state index contributed by atoms with van der Waals surface area (Å²) in [6.45, 7) is 0. The predicted molar refractivity (Wildman–Crippen MR) is 90.8 cm³/mol. The Morgan fingerprint density at radius 2 is 2.19 bits per heavy atom. The van der Waals surface area contributed by atoms with Crippen LogP contribution in [0.4, 0.5) is 10.1 Å². The van der Waals surface area contributed by atoms with Crippen LogP contribution < -0.4 is 5.32 Å². The third-order valence-electron chi connectivity index (χ3n) is 3.55. The predicted octanol–water partition coefficient (Wildman–Crippen LogP) is 3.12. The zero-order chi connectivity index (χ0) is 17.9. The maximum absolute atomic E-state index is 13.4. The Hall–Kier alpha value is -4.06. The van der Waals surface area contributed by atoms with E-state index in [-0.39, 0.29) is 17.2 Å². The van der Waals surface area contributed by atoms with Crippen LogP contribution in [0.3, 0.4) is 0 Å². The fraction of sp³-hybridized carbons (Fsp3) is 0. The largest absolute Gasteiger partial charge is 0.436 e. The van der Waals surface area contributed by atoms with Crippen LogP contribution in [0.25, 0.3) is 28.1 Å². The van der Waals surface area contributed by atoms with Gasteiger partial charge in [-0.2, -0.15) is 10.5 Å². The number of rotatable bonds is 4. The van der Waals surface area contributed by atoms with E-state index in [4.69, 9.17) is 9.68 Å². The second kappa shape index (κ2) is 6.45.